The van der Waals surface area contributed by atoms with Crippen LogP contribution in [0, 0.1) is 0 Å². The van der Waals surface area contributed by atoms with E-state index in [9.17, 15) is 4.79 Å². The van der Waals surface area contributed by atoms with Crippen LogP contribution in [0.5, 0.6) is 0 Å². The number of carbonyl (C=O) groups excluding carboxylic acids is 1. The first-order valence-electron chi connectivity index (χ1n) is 11.0. The zero-order valence-electron chi connectivity index (χ0n) is 17.8. The van der Waals surface area contributed by atoms with Crippen LogP contribution >= 0.6 is 11.3 Å². The Morgan fingerprint density at radius 1 is 1.09 bits per heavy atom. The zero-order chi connectivity index (χ0) is 21.8. The fourth-order valence-electron chi connectivity index (χ4n) is 4.26. The standard InChI is InChI=1S/C25H26N4O2S/c30-25(26-16-21(22-10-6-14-31-22)28-12-4-5-13-28)20-18-29(17-19-8-2-1-3-9-19)27-24(20)23-11-7-15-32-23/h1-3,6-11,14-15,18,21H,4-5,12-13,16-17H2,(H,26,30)/t21-/m0/s1. The molecule has 4 heterocycles. The maximum absolute atomic E-state index is 13.3. The van der Waals surface area contributed by atoms with Crippen molar-refractivity contribution >= 4 is 17.2 Å². The molecule has 4 aromatic rings. The largest absolute Gasteiger partial charge is 0.468 e. The number of furan rings is 1. The van der Waals surface area contributed by atoms with Gasteiger partial charge in [0.15, 0.2) is 0 Å². The molecule has 0 unspecified atom stereocenters. The van der Waals surface area contributed by atoms with Crippen LogP contribution in [0.15, 0.2) is 76.9 Å². The summed E-state index contributed by atoms with van der Waals surface area (Å²) in [7, 11) is 0. The Balaban J connectivity index is 1.37. The van der Waals surface area contributed by atoms with E-state index in [1.807, 2.05) is 58.7 Å². The van der Waals surface area contributed by atoms with Crippen LogP contribution in [-0.4, -0.2) is 40.2 Å². The van der Waals surface area contributed by atoms with Gasteiger partial charge in [-0.15, -0.1) is 11.3 Å². The first-order valence-corrected chi connectivity index (χ1v) is 11.9. The van der Waals surface area contributed by atoms with E-state index >= 15 is 0 Å². The molecular weight excluding hydrogens is 420 g/mol. The molecule has 1 saturated heterocycles. The number of rotatable bonds is 8. The number of thiophene rings is 1. The monoisotopic (exact) mass is 446 g/mol. The van der Waals surface area contributed by atoms with Gasteiger partial charge in [0.1, 0.15) is 11.5 Å². The van der Waals surface area contributed by atoms with Crippen LogP contribution in [0.25, 0.3) is 10.6 Å². The van der Waals surface area contributed by atoms with Crippen LogP contribution in [0.2, 0.25) is 0 Å². The van der Waals surface area contributed by atoms with Crippen molar-refractivity contribution in [2.24, 2.45) is 0 Å². The molecule has 1 N–H and O–H groups in total. The van der Waals surface area contributed by atoms with Crippen molar-refractivity contribution in [1.82, 2.24) is 20.0 Å². The third-order valence-electron chi connectivity index (χ3n) is 5.86. The first kappa shape index (κ1) is 20.7. The van der Waals surface area contributed by atoms with Gasteiger partial charge in [0.2, 0.25) is 0 Å². The highest BCUT2D eigenvalue weighted by molar-refractivity contribution is 7.13. The first-order chi connectivity index (χ1) is 15.8. The number of carbonyl (C=O) groups is 1. The summed E-state index contributed by atoms with van der Waals surface area (Å²) in [6.07, 6.45) is 5.91. The number of likely N-dealkylation sites (tertiary alicyclic amines) is 1. The van der Waals surface area contributed by atoms with Crippen molar-refractivity contribution in [3.8, 4) is 10.6 Å². The molecule has 5 rings (SSSR count). The van der Waals surface area contributed by atoms with Crippen LogP contribution in [0.1, 0.15) is 40.6 Å². The lowest BCUT2D eigenvalue weighted by atomic mass is 10.1. The van der Waals surface area contributed by atoms with Crippen molar-refractivity contribution in [1.29, 1.82) is 0 Å². The minimum atomic E-state index is -0.108. The highest BCUT2D eigenvalue weighted by Gasteiger charge is 2.27. The molecule has 0 spiro atoms. The summed E-state index contributed by atoms with van der Waals surface area (Å²) >= 11 is 1.59. The summed E-state index contributed by atoms with van der Waals surface area (Å²) in [5, 5.41) is 9.92. The lowest BCUT2D eigenvalue weighted by Gasteiger charge is -2.25. The lowest BCUT2D eigenvalue weighted by Crippen LogP contribution is -2.36. The topological polar surface area (TPSA) is 63.3 Å². The second-order valence-corrected chi connectivity index (χ2v) is 8.98. The van der Waals surface area contributed by atoms with E-state index in [0.717, 1.165) is 35.0 Å². The van der Waals surface area contributed by atoms with Gasteiger partial charge < -0.3 is 9.73 Å². The van der Waals surface area contributed by atoms with Gasteiger partial charge in [-0.05, 0) is 55.1 Å². The SMILES string of the molecule is O=C(NC[C@@H](c1ccco1)N1CCCC1)c1cn(Cc2ccccc2)nc1-c1cccs1. The second-order valence-electron chi connectivity index (χ2n) is 8.04. The minimum absolute atomic E-state index is 0.0426. The summed E-state index contributed by atoms with van der Waals surface area (Å²) in [5.41, 5.74) is 2.47. The number of hydrogen-bond donors (Lipinski definition) is 1. The molecule has 0 aliphatic carbocycles. The predicted molar refractivity (Wildman–Crippen MR) is 126 cm³/mol. The molecule has 164 valence electrons. The van der Waals surface area contributed by atoms with Gasteiger partial charge in [0, 0.05) is 12.7 Å². The van der Waals surface area contributed by atoms with E-state index in [4.69, 9.17) is 9.52 Å². The summed E-state index contributed by atoms with van der Waals surface area (Å²) in [6.45, 7) is 3.17. The molecule has 32 heavy (non-hydrogen) atoms. The molecular formula is C25H26N4O2S. The highest BCUT2D eigenvalue weighted by Crippen LogP contribution is 2.28. The molecule has 7 heteroatoms. The van der Waals surface area contributed by atoms with E-state index in [1.54, 1.807) is 17.6 Å². The predicted octanol–water partition coefficient (Wildman–Crippen LogP) is 4.82. The molecule has 1 aromatic carbocycles. The van der Waals surface area contributed by atoms with E-state index in [-0.39, 0.29) is 11.9 Å². The Morgan fingerprint density at radius 3 is 2.66 bits per heavy atom. The summed E-state index contributed by atoms with van der Waals surface area (Å²) in [5.74, 6) is 0.786. The van der Waals surface area contributed by atoms with E-state index in [0.29, 0.717) is 18.7 Å². The third kappa shape index (κ3) is 4.54. The Bertz CT molecular complexity index is 1130. The van der Waals surface area contributed by atoms with Crippen LogP contribution in [-0.2, 0) is 6.54 Å². The number of benzene rings is 1. The summed E-state index contributed by atoms with van der Waals surface area (Å²) in [4.78, 5) is 16.7. The van der Waals surface area contributed by atoms with Crippen molar-refractivity contribution in [3.05, 3.63) is 89.3 Å². The smallest absolute Gasteiger partial charge is 0.255 e. The summed E-state index contributed by atoms with van der Waals surface area (Å²) in [6, 6.07) is 18.1. The Morgan fingerprint density at radius 2 is 1.94 bits per heavy atom. The average molecular weight is 447 g/mol. The molecule has 1 atom stereocenters. The molecule has 1 fully saturated rings. The number of aromatic nitrogens is 2. The number of amides is 1. The van der Waals surface area contributed by atoms with Crippen molar-refractivity contribution in [2.75, 3.05) is 19.6 Å². The fourth-order valence-corrected chi connectivity index (χ4v) is 4.99. The average Bonchev–Trinajstić information content (AvgIpc) is 3.62. The van der Waals surface area contributed by atoms with Gasteiger partial charge in [0.25, 0.3) is 5.91 Å². The van der Waals surface area contributed by atoms with Crippen LogP contribution in [0.3, 0.4) is 0 Å². The van der Waals surface area contributed by atoms with Gasteiger partial charge in [-0.25, -0.2) is 0 Å². The van der Waals surface area contributed by atoms with Gasteiger partial charge in [-0.2, -0.15) is 5.10 Å². The quantitative estimate of drug-likeness (QED) is 0.422. The fraction of sp³-hybridized carbons (Fsp3) is 0.280. The van der Waals surface area contributed by atoms with Gasteiger partial charge in [-0.3, -0.25) is 14.4 Å². The van der Waals surface area contributed by atoms with Crippen LogP contribution < -0.4 is 5.32 Å². The molecule has 1 amide bonds. The maximum Gasteiger partial charge on any atom is 0.255 e. The normalized spacial score (nSPS) is 15.1. The number of nitrogens with one attached hydrogen (secondary N) is 1. The Kier molecular flexibility index (Phi) is 6.18. The molecule has 0 saturated carbocycles. The van der Waals surface area contributed by atoms with Gasteiger partial charge in [0.05, 0.1) is 29.3 Å². The molecule has 6 nitrogen and oxygen atoms in total. The number of nitrogens with zero attached hydrogens (tertiary/aromatic N) is 3. The molecule has 0 bridgehead atoms. The van der Waals surface area contributed by atoms with Crippen molar-refractivity contribution in [2.45, 2.75) is 25.4 Å². The van der Waals surface area contributed by atoms with Crippen molar-refractivity contribution in [3.63, 3.8) is 0 Å². The van der Waals surface area contributed by atoms with Crippen LogP contribution in [0.4, 0.5) is 0 Å². The van der Waals surface area contributed by atoms with Gasteiger partial charge in [-0.1, -0.05) is 36.4 Å². The van der Waals surface area contributed by atoms with Gasteiger partial charge >= 0.3 is 0 Å². The minimum Gasteiger partial charge on any atom is -0.468 e. The molecule has 1 aliphatic heterocycles. The summed E-state index contributed by atoms with van der Waals surface area (Å²) < 4.78 is 7.54. The zero-order valence-corrected chi connectivity index (χ0v) is 18.6. The third-order valence-corrected chi connectivity index (χ3v) is 6.73. The Hall–Kier alpha value is -3.16. The lowest BCUT2D eigenvalue weighted by molar-refractivity contribution is 0.0934. The second kappa shape index (κ2) is 9.54. The highest BCUT2D eigenvalue weighted by atomic mass is 32.1. The van der Waals surface area contributed by atoms with Crippen molar-refractivity contribution < 1.29 is 9.21 Å². The molecule has 3 aromatic heterocycles. The van der Waals surface area contributed by atoms with E-state index in [1.165, 1.54) is 12.8 Å². The van der Waals surface area contributed by atoms with E-state index in [2.05, 4.69) is 22.3 Å². The Labute approximate surface area is 191 Å². The molecule has 0 radical (unpaired) electrons. The van der Waals surface area contributed by atoms with E-state index < -0.39 is 0 Å². The number of hydrogen-bond acceptors (Lipinski definition) is 5. The maximum atomic E-state index is 13.3. The molecule has 1 aliphatic rings.